The Balaban J connectivity index is 1.48. The van der Waals surface area contributed by atoms with Crippen LogP contribution in [0, 0.1) is 0 Å². The third kappa shape index (κ3) is 2.68. The van der Waals surface area contributed by atoms with Gasteiger partial charge in [-0.3, -0.25) is 0 Å². The Labute approximate surface area is 171 Å². The first-order valence-corrected chi connectivity index (χ1v) is 10.2. The Bertz CT molecular complexity index is 1370. The highest BCUT2D eigenvalue weighted by Crippen LogP contribution is 2.39. The van der Waals surface area contributed by atoms with Crippen LogP contribution in [0.4, 0.5) is 0 Å². The topological polar surface area (TPSA) is 0 Å². The molecule has 0 aromatic heterocycles. The number of hydrogen-bond donors (Lipinski definition) is 0. The van der Waals surface area contributed by atoms with E-state index < -0.39 is 0 Å². The van der Waals surface area contributed by atoms with Gasteiger partial charge in [0, 0.05) is 0 Å². The molecule has 29 heavy (non-hydrogen) atoms. The highest BCUT2D eigenvalue weighted by Gasteiger charge is 2.18. The molecule has 0 heterocycles. The monoisotopic (exact) mass is 368 g/mol. The van der Waals surface area contributed by atoms with Gasteiger partial charge < -0.3 is 0 Å². The van der Waals surface area contributed by atoms with E-state index in [4.69, 9.17) is 0 Å². The minimum Gasteiger partial charge on any atom is -0.0619 e. The Morgan fingerprint density at radius 2 is 1.10 bits per heavy atom. The molecule has 5 aromatic carbocycles. The molecular weight excluding hydrogens is 348 g/mol. The fourth-order valence-electron chi connectivity index (χ4n) is 4.65. The van der Waals surface area contributed by atoms with Crippen molar-refractivity contribution in [3.05, 3.63) is 120 Å². The van der Waals surface area contributed by atoms with Crippen LogP contribution in [0.15, 0.2) is 109 Å². The summed E-state index contributed by atoms with van der Waals surface area (Å²) in [6, 6.07) is 39.8. The van der Waals surface area contributed by atoms with Crippen LogP contribution in [0.1, 0.15) is 11.1 Å². The van der Waals surface area contributed by atoms with E-state index in [0.717, 1.165) is 6.42 Å². The van der Waals surface area contributed by atoms with Gasteiger partial charge in [-0.05, 0) is 73.8 Å². The Kier molecular flexibility index (Phi) is 3.64. The van der Waals surface area contributed by atoms with Crippen molar-refractivity contribution >= 4 is 10.8 Å². The smallest absolute Gasteiger partial charge is 0.00134 e. The van der Waals surface area contributed by atoms with Crippen LogP contribution in [0.25, 0.3) is 44.2 Å². The summed E-state index contributed by atoms with van der Waals surface area (Å²) >= 11 is 0. The maximum Gasteiger partial charge on any atom is -0.00134 e. The van der Waals surface area contributed by atoms with Gasteiger partial charge >= 0.3 is 0 Å². The molecule has 1 aliphatic rings. The second kappa shape index (κ2) is 6.46. The van der Waals surface area contributed by atoms with Crippen molar-refractivity contribution in [2.75, 3.05) is 0 Å². The first-order chi connectivity index (χ1) is 14.4. The molecular formula is C29H20. The minimum absolute atomic E-state index is 1.04. The molecule has 0 unspecified atom stereocenters. The maximum absolute atomic E-state index is 2.36. The molecule has 0 radical (unpaired) electrons. The average Bonchev–Trinajstić information content (AvgIpc) is 3.17. The lowest BCUT2D eigenvalue weighted by Gasteiger charge is -2.10. The van der Waals surface area contributed by atoms with E-state index >= 15 is 0 Å². The second-order valence-corrected chi connectivity index (χ2v) is 7.81. The van der Waals surface area contributed by atoms with Crippen LogP contribution < -0.4 is 0 Å². The number of fused-ring (bicyclic) bond motifs is 4. The van der Waals surface area contributed by atoms with Crippen LogP contribution in [0.2, 0.25) is 0 Å². The third-order valence-corrected chi connectivity index (χ3v) is 6.09. The van der Waals surface area contributed by atoms with Crippen molar-refractivity contribution in [3.8, 4) is 33.4 Å². The lowest BCUT2D eigenvalue weighted by atomic mass is 9.94. The standard InChI is InChI=1S/C29H20/c1-3-12-26-20(7-1)9-6-14-27(26)24-11-5-10-21(17-24)22-15-16-25-18-23-8-2-4-13-28(23)29(25)19-22/h1-17,19H,18H2. The normalized spacial score (nSPS) is 12.0. The Morgan fingerprint density at radius 3 is 2.10 bits per heavy atom. The molecule has 0 aliphatic heterocycles. The molecule has 5 aromatic rings. The summed E-state index contributed by atoms with van der Waals surface area (Å²) < 4.78 is 0. The molecule has 0 saturated carbocycles. The van der Waals surface area contributed by atoms with Gasteiger partial charge in [0.15, 0.2) is 0 Å². The van der Waals surface area contributed by atoms with Gasteiger partial charge in [-0.1, -0.05) is 97.1 Å². The van der Waals surface area contributed by atoms with Gasteiger partial charge in [-0.25, -0.2) is 0 Å². The highest BCUT2D eigenvalue weighted by molar-refractivity contribution is 5.97. The zero-order valence-corrected chi connectivity index (χ0v) is 16.1. The third-order valence-electron chi connectivity index (χ3n) is 6.09. The summed E-state index contributed by atoms with van der Waals surface area (Å²) in [7, 11) is 0. The molecule has 0 amide bonds. The number of benzene rings is 5. The maximum atomic E-state index is 2.36. The lowest BCUT2D eigenvalue weighted by Crippen LogP contribution is -1.85. The Hall–Kier alpha value is -3.64. The van der Waals surface area contributed by atoms with Gasteiger partial charge in [0.05, 0.1) is 0 Å². The van der Waals surface area contributed by atoms with Crippen molar-refractivity contribution in [2.45, 2.75) is 6.42 Å². The zero-order chi connectivity index (χ0) is 19.2. The average molecular weight is 368 g/mol. The van der Waals surface area contributed by atoms with Gasteiger partial charge in [-0.2, -0.15) is 0 Å². The SMILES string of the molecule is c1cc(-c2ccc3c(c2)-c2ccccc2C3)cc(-c2cccc3ccccc23)c1. The molecule has 0 N–H and O–H groups in total. The second-order valence-electron chi connectivity index (χ2n) is 7.81. The fraction of sp³-hybridized carbons (Fsp3) is 0.0345. The summed E-state index contributed by atoms with van der Waals surface area (Å²) in [5.41, 5.74) is 10.7. The molecule has 1 aliphatic carbocycles. The molecule has 0 atom stereocenters. The van der Waals surface area contributed by atoms with E-state index in [2.05, 4.69) is 109 Å². The van der Waals surface area contributed by atoms with E-state index in [1.165, 1.54) is 55.3 Å². The zero-order valence-electron chi connectivity index (χ0n) is 16.1. The lowest BCUT2D eigenvalue weighted by molar-refractivity contribution is 1.26. The summed E-state index contributed by atoms with van der Waals surface area (Å²) in [4.78, 5) is 0. The molecule has 0 heteroatoms. The van der Waals surface area contributed by atoms with Gasteiger partial charge in [-0.15, -0.1) is 0 Å². The fourth-order valence-corrected chi connectivity index (χ4v) is 4.65. The quantitative estimate of drug-likeness (QED) is 0.293. The van der Waals surface area contributed by atoms with Crippen LogP contribution in [-0.2, 0) is 6.42 Å². The highest BCUT2D eigenvalue weighted by atomic mass is 14.2. The van der Waals surface area contributed by atoms with Gasteiger partial charge in [0.2, 0.25) is 0 Å². The first kappa shape index (κ1) is 16.3. The largest absolute Gasteiger partial charge is 0.0619 e. The van der Waals surface area contributed by atoms with E-state index in [-0.39, 0.29) is 0 Å². The summed E-state index contributed by atoms with van der Waals surface area (Å²) in [5.74, 6) is 0. The Morgan fingerprint density at radius 1 is 0.414 bits per heavy atom. The van der Waals surface area contributed by atoms with Gasteiger partial charge in [0.25, 0.3) is 0 Å². The van der Waals surface area contributed by atoms with E-state index in [0.29, 0.717) is 0 Å². The predicted octanol–water partition coefficient (Wildman–Crippen LogP) is 7.75. The predicted molar refractivity (Wildman–Crippen MR) is 123 cm³/mol. The molecule has 0 saturated heterocycles. The number of rotatable bonds is 2. The van der Waals surface area contributed by atoms with Gasteiger partial charge in [0.1, 0.15) is 0 Å². The van der Waals surface area contributed by atoms with Crippen LogP contribution in [0.3, 0.4) is 0 Å². The van der Waals surface area contributed by atoms with Crippen molar-refractivity contribution in [1.29, 1.82) is 0 Å². The molecule has 0 fully saturated rings. The van der Waals surface area contributed by atoms with Crippen LogP contribution >= 0.6 is 0 Å². The summed E-state index contributed by atoms with van der Waals surface area (Å²) in [6.45, 7) is 0. The van der Waals surface area contributed by atoms with Crippen molar-refractivity contribution in [1.82, 2.24) is 0 Å². The van der Waals surface area contributed by atoms with E-state index in [1.807, 2.05) is 0 Å². The first-order valence-electron chi connectivity index (χ1n) is 10.2. The van der Waals surface area contributed by atoms with Crippen LogP contribution in [-0.4, -0.2) is 0 Å². The molecule has 0 bridgehead atoms. The minimum atomic E-state index is 1.04. The van der Waals surface area contributed by atoms with Crippen molar-refractivity contribution < 1.29 is 0 Å². The summed E-state index contributed by atoms with van der Waals surface area (Å²) in [5, 5.41) is 2.58. The van der Waals surface area contributed by atoms with E-state index in [1.54, 1.807) is 0 Å². The van der Waals surface area contributed by atoms with E-state index in [9.17, 15) is 0 Å². The van der Waals surface area contributed by atoms with Crippen molar-refractivity contribution in [2.24, 2.45) is 0 Å². The molecule has 0 nitrogen and oxygen atoms in total. The van der Waals surface area contributed by atoms with Crippen molar-refractivity contribution in [3.63, 3.8) is 0 Å². The van der Waals surface area contributed by atoms with Crippen LogP contribution in [0.5, 0.6) is 0 Å². The molecule has 0 spiro atoms. The molecule has 136 valence electrons. The summed E-state index contributed by atoms with van der Waals surface area (Å²) in [6.07, 6.45) is 1.04. The number of hydrogen-bond acceptors (Lipinski definition) is 0. The molecule has 6 rings (SSSR count).